The largest absolute Gasteiger partial charge is 0.481 e. The van der Waals surface area contributed by atoms with Crippen molar-refractivity contribution in [2.45, 2.75) is 17.1 Å². The first kappa shape index (κ1) is 14.9. The fraction of sp³-hybridized carbons (Fsp3) is 0.133. The molecule has 20 heavy (non-hydrogen) atoms. The first-order chi connectivity index (χ1) is 9.54. The summed E-state index contributed by atoms with van der Waals surface area (Å²) in [6.07, 6.45) is 0.0226. The minimum absolute atomic E-state index is 0.0226. The van der Waals surface area contributed by atoms with Crippen molar-refractivity contribution in [2.75, 3.05) is 0 Å². The predicted octanol–water partition coefficient (Wildman–Crippen LogP) is 4.40. The van der Waals surface area contributed by atoms with Gasteiger partial charge < -0.3 is 5.11 Å². The molecule has 0 heterocycles. The van der Waals surface area contributed by atoms with Crippen LogP contribution in [0.4, 0.5) is 4.39 Å². The minimum atomic E-state index is -0.844. The monoisotopic (exact) mass is 310 g/mol. The molecule has 2 aromatic rings. The molecule has 0 aliphatic heterocycles. The van der Waals surface area contributed by atoms with E-state index in [4.69, 9.17) is 16.7 Å². The van der Waals surface area contributed by atoms with Crippen molar-refractivity contribution in [3.8, 4) is 0 Å². The molecule has 0 aromatic heterocycles. The molecular weight excluding hydrogens is 299 g/mol. The van der Waals surface area contributed by atoms with Gasteiger partial charge in [0.15, 0.2) is 0 Å². The maximum atomic E-state index is 12.9. The van der Waals surface area contributed by atoms with Crippen LogP contribution in [0, 0.1) is 5.82 Å². The normalized spacial score (nSPS) is 10.5. The smallest absolute Gasteiger partial charge is 0.307 e. The lowest BCUT2D eigenvalue weighted by atomic mass is 10.2. The second kappa shape index (κ2) is 6.77. The van der Waals surface area contributed by atoms with Crippen molar-refractivity contribution in [1.29, 1.82) is 0 Å². The van der Waals surface area contributed by atoms with Crippen molar-refractivity contribution in [1.82, 2.24) is 0 Å². The first-order valence-electron chi connectivity index (χ1n) is 5.92. The molecule has 2 aromatic carbocycles. The zero-order valence-corrected chi connectivity index (χ0v) is 12.0. The van der Waals surface area contributed by atoms with Gasteiger partial charge >= 0.3 is 5.97 Å². The highest BCUT2D eigenvalue weighted by atomic mass is 35.5. The third-order valence-electron chi connectivity index (χ3n) is 2.69. The van der Waals surface area contributed by atoms with Crippen LogP contribution < -0.4 is 0 Å². The van der Waals surface area contributed by atoms with E-state index in [2.05, 4.69) is 0 Å². The highest BCUT2D eigenvalue weighted by Gasteiger charge is 2.04. The molecule has 0 amide bonds. The summed E-state index contributed by atoms with van der Waals surface area (Å²) in [5, 5.41) is 9.11. The molecule has 5 heteroatoms. The molecule has 0 spiro atoms. The zero-order chi connectivity index (χ0) is 14.5. The van der Waals surface area contributed by atoms with Gasteiger partial charge in [0, 0.05) is 15.7 Å². The Labute approximate surface area is 125 Å². The quantitative estimate of drug-likeness (QED) is 0.832. The summed E-state index contributed by atoms with van der Waals surface area (Å²) in [5.41, 5.74) is 1.63. The molecule has 0 saturated heterocycles. The van der Waals surface area contributed by atoms with Crippen LogP contribution in [0.25, 0.3) is 0 Å². The van der Waals surface area contributed by atoms with Gasteiger partial charge in [-0.1, -0.05) is 29.8 Å². The van der Waals surface area contributed by atoms with E-state index in [9.17, 15) is 9.18 Å². The van der Waals surface area contributed by atoms with E-state index in [1.54, 1.807) is 30.0 Å². The summed E-state index contributed by atoms with van der Waals surface area (Å²) >= 11 is 7.53. The Morgan fingerprint density at radius 3 is 2.50 bits per heavy atom. The lowest BCUT2D eigenvalue weighted by Crippen LogP contribution is -1.99. The van der Waals surface area contributed by atoms with Gasteiger partial charge in [0.05, 0.1) is 6.42 Å². The maximum absolute atomic E-state index is 12.9. The molecule has 0 atom stereocenters. The van der Waals surface area contributed by atoms with E-state index in [1.807, 2.05) is 12.1 Å². The molecule has 0 bridgehead atoms. The summed E-state index contributed by atoms with van der Waals surface area (Å²) in [6.45, 7) is 0. The Morgan fingerprint density at radius 1 is 1.20 bits per heavy atom. The Morgan fingerprint density at radius 2 is 1.90 bits per heavy atom. The predicted molar refractivity (Wildman–Crippen MR) is 78.8 cm³/mol. The Balaban J connectivity index is 1.98. The average molecular weight is 311 g/mol. The molecule has 1 N–H and O–H groups in total. The molecular formula is C15H12ClFO2S. The summed E-state index contributed by atoms with van der Waals surface area (Å²) in [4.78, 5) is 11.6. The second-order valence-electron chi connectivity index (χ2n) is 4.24. The fourth-order valence-electron chi connectivity index (χ4n) is 1.68. The average Bonchev–Trinajstić information content (AvgIpc) is 2.39. The highest BCUT2D eigenvalue weighted by Crippen LogP contribution is 2.27. The van der Waals surface area contributed by atoms with Crippen LogP contribution in [0.2, 0.25) is 5.02 Å². The lowest BCUT2D eigenvalue weighted by Gasteiger charge is -2.05. The molecule has 0 radical (unpaired) electrons. The van der Waals surface area contributed by atoms with E-state index < -0.39 is 5.97 Å². The Bertz CT molecular complexity index is 614. The van der Waals surface area contributed by atoms with Gasteiger partial charge in [0.1, 0.15) is 5.82 Å². The van der Waals surface area contributed by atoms with Gasteiger partial charge in [-0.15, -0.1) is 11.8 Å². The maximum Gasteiger partial charge on any atom is 0.307 e. The number of hydrogen-bond acceptors (Lipinski definition) is 2. The van der Waals surface area contributed by atoms with Crippen LogP contribution >= 0.6 is 23.4 Å². The molecule has 0 aliphatic rings. The fourth-order valence-corrected chi connectivity index (χ4v) is 2.89. The van der Waals surface area contributed by atoms with E-state index in [0.717, 1.165) is 16.0 Å². The van der Waals surface area contributed by atoms with Crippen molar-refractivity contribution >= 4 is 29.3 Å². The van der Waals surface area contributed by atoms with Crippen LogP contribution in [-0.4, -0.2) is 11.1 Å². The van der Waals surface area contributed by atoms with Crippen molar-refractivity contribution in [2.24, 2.45) is 0 Å². The van der Waals surface area contributed by atoms with Crippen molar-refractivity contribution < 1.29 is 14.3 Å². The number of benzene rings is 2. The number of aliphatic carboxylic acids is 1. The van der Waals surface area contributed by atoms with Gasteiger partial charge in [-0.2, -0.15) is 0 Å². The molecule has 2 rings (SSSR count). The SMILES string of the molecule is O=C(O)Cc1ccc(SCc2ccc(F)cc2Cl)cc1. The summed E-state index contributed by atoms with van der Waals surface area (Å²) in [6, 6.07) is 11.7. The van der Waals surface area contributed by atoms with Crippen molar-refractivity contribution in [3.05, 3.63) is 64.4 Å². The summed E-state index contributed by atoms with van der Waals surface area (Å²) in [5.74, 6) is -0.553. The number of thioether (sulfide) groups is 1. The number of carboxylic acid groups (broad SMARTS) is 1. The van der Waals surface area contributed by atoms with Crippen molar-refractivity contribution in [3.63, 3.8) is 0 Å². The second-order valence-corrected chi connectivity index (χ2v) is 5.69. The van der Waals surface area contributed by atoms with Gasteiger partial charge in [-0.25, -0.2) is 4.39 Å². The molecule has 0 aliphatic carbocycles. The number of rotatable bonds is 5. The number of hydrogen-bond donors (Lipinski definition) is 1. The highest BCUT2D eigenvalue weighted by molar-refractivity contribution is 7.98. The van der Waals surface area contributed by atoms with Gasteiger partial charge in [-0.05, 0) is 35.4 Å². The molecule has 0 unspecified atom stereocenters. The molecule has 0 fully saturated rings. The van der Waals surface area contributed by atoms with Crippen LogP contribution in [0.15, 0.2) is 47.4 Å². The minimum Gasteiger partial charge on any atom is -0.481 e. The number of halogens is 2. The zero-order valence-electron chi connectivity index (χ0n) is 10.5. The van der Waals surface area contributed by atoms with Crippen LogP contribution in [-0.2, 0) is 17.0 Å². The third kappa shape index (κ3) is 4.25. The topological polar surface area (TPSA) is 37.3 Å². The number of carbonyl (C=O) groups is 1. The Kier molecular flexibility index (Phi) is 5.04. The molecule has 104 valence electrons. The summed E-state index contributed by atoms with van der Waals surface area (Å²) in [7, 11) is 0. The molecule has 2 nitrogen and oxygen atoms in total. The van der Waals surface area contributed by atoms with E-state index >= 15 is 0 Å². The van der Waals surface area contributed by atoms with Gasteiger partial charge in [-0.3, -0.25) is 4.79 Å². The van der Waals surface area contributed by atoms with E-state index in [0.29, 0.717) is 10.8 Å². The van der Waals surface area contributed by atoms with Crippen LogP contribution in [0.3, 0.4) is 0 Å². The third-order valence-corrected chi connectivity index (χ3v) is 4.10. The van der Waals surface area contributed by atoms with E-state index in [-0.39, 0.29) is 12.2 Å². The van der Waals surface area contributed by atoms with Gasteiger partial charge in [0.2, 0.25) is 0 Å². The van der Waals surface area contributed by atoms with Gasteiger partial charge in [0.25, 0.3) is 0 Å². The van der Waals surface area contributed by atoms with E-state index in [1.165, 1.54) is 12.1 Å². The summed E-state index contributed by atoms with van der Waals surface area (Å²) < 4.78 is 12.9. The Hall–Kier alpha value is -1.52. The number of carboxylic acids is 1. The standard InChI is InChI=1S/C15H12ClFO2S/c16-14-8-12(17)4-3-11(14)9-20-13-5-1-10(2-6-13)7-15(18)19/h1-6,8H,7,9H2,(H,18,19). The van der Waals surface area contributed by atoms with Crippen LogP contribution in [0.1, 0.15) is 11.1 Å². The lowest BCUT2D eigenvalue weighted by molar-refractivity contribution is -0.136. The molecule has 0 saturated carbocycles. The first-order valence-corrected chi connectivity index (χ1v) is 7.28. The van der Waals surface area contributed by atoms with Crippen LogP contribution in [0.5, 0.6) is 0 Å².